The van der Waals surface area contributed by atoms with Gasteiger partial charge in [-0.15, -0.1) is 5.56 Å². The molecule has 0 unspecified atom stereocenters. The van der Waals surface area contributed by atoms with Crippen molar-refractivity contribution in [1.82, 2.24) is 0 Å². The molecule has 0 N–H and O–H groups in total. The van der Waals surface area contributed by atoms with Crippen LogP contribution in [0.1, 0.15) is 74.9 Å². The maximum absolute atomic E-state index is 3.30. The first-order chi connectivity index (χ1) is 19.0. The van der Waals surface area contributed by atoms with Crippen LogP contribution < -0.4 is 24.8 Å². The first-order valence-electron chi connectivity index (χ1n) is 14.1. The average molecular weight is 671 g/mol. The Labute approximate surface area is 281 Å². The fraction of sp³-hybridized carbons (Fsp3) is 0.231. The van der Waals surface area contributed by atoms with Crippen LogP contribution in [0.4, 0.5) is 0 Å². The summed E-state index contributed by atoms with van der Waals surface area (Å²) in [5.41, 5.74) is 11.4. The monoisotopic (exact) mass is 668 g/mol. The van der Waals surface area contributed by atoms with E-state index in [1.165, 1.54) is 71.9 Å². The van der Waals surface area contributed by atoms with E-state index in [0.717, 1.165) is 6.42 Å². The molecular weight excluding hydrogens is 631 g/mol. The summed E-state index contributed by atoms with van der Waals surface area (Å²) in [5, 5.41) is 0. The normalized spacial score (nSPS) is 11.2. The largest absolute Gasteiger partial charge is 1.00 e. The molecule has 5 aromatic rings. The zero-order valence-corrected chi connectivity index (χ0v) is 29.5. The molecule has 0 aromatic heterocycles. The van der Waals surface area contributed by atoms with Crippen LogP contribution in [0.5, 0.6) is 0 Å². The second-order valence-electron chi connectivity index (χ2n) is 12.4. The Bertz CT molecular complexity index is 1400. The third kappa shape index (κ3) is 9.54. The van der Waals surface area contributed by atoms with Crippen LogP contribution in [0.25, 0.3) is 11.1 Å². The van der Waals surface area contributed by atoms with Gasteiger partial charge in [-0.1, -0.05) is 35.4 Å². The molecule has 1 aliphatic rings. The molecule has 42 heavy (non-hydrogen) atoms. The van der Waals surface area contributed by atoms with Crippen LogP contribution >= 0.6 is 0 Å². The van der Waals surface area contributed by atoms with Crippen LogP contribution in [-0.2, 0) is 41.5 Å². The van der Waals surface area contributed by atoms with E-state index in [1.54, 1.807) is 0 Å². The van der Waals surface area contributed by atoms with Crippen molar-refractivity contribution in [3.63, 3.8) is 0 Å². The first kappa shape index (κ1) is 35.8. The number of hydrogen-bond donors (Lipinski definition) is 0. The van der Waals surface area contributed by atoms with Gasteiger partial charge < -0.3 is 24.8 Å². The quantitative estimate of drug-likeness (QED) is 0.246. The number of hydrogen-bond acceptors (Lipinski definition) is 0. The average Bonchev–Trinajstić information content (AvgIpc) is 3.64. The van der Waals surface area contributed by atoms with E-state index < -0.39 is 0 Å². The van der Waals surface area contributed by atoms with Crippen LogP contribution in [0, 0.1) is 6.07 Å². The van der Waals surface area contributed by atoms with Crippen LogP contribution in [-0.4, -0.2) is 3.21 Å². The van der Waals surface area contributed by atoms with E-state index in [4.69, 9.17) is 0 Å². The molecule has 0 atom stereocenters. The number of benzene rings is 4. The van der Waals surface area contributed by atoms with Gasteiger partial charge in [0.05, 0.1) is 0 Å². The number of halogens is 2. The first-order valence-corrected chi connectivity index (χ1v) is 15.3. The molecule has 0 fully saturated rings. The Kier molecular flexibility index (Phi) is 13.5. The zero-order chi connectivity index (χ0) is 28.8. The second-order valence-corrected chi connectivity index (χ2v) is 13.6. The summed E-state index contributed by atoms with van der Waals surface area (Å²) in [6.07, 6.45) is 1.05. The van der Waals surface area contributed by atoms with Crippen LogP contribution in [0.2, 0.25) is 0 Å². The van der Waals surface area contributed by atoms with Crippen molar-refractivity contribution in [2.24, 2.45) is 0 Å². The van der Waals surface area contributed by atoms with Gasteiger partial charge in [-0.3, -0.25) is 0 Å². The fourth-order valence-electron chi connectivity index (χ4n) is 4.76. The molecule has 6 rings (SSSR count). The molecule has 0 saturated heterocycles. The molecule has 216 valence electrons. The van der Waals surface area contributed by atoms with Crippen molar-refractivity contribution in [2.75, 3.05) is 0 Å². The van der Waals surface area contributed by atoms with E-state index in [2.05, 4.69) is 133 Å². The molecule has 0 nitrogen and oxygen atoms in total. The minimum atomic E-state index is 0. The number of fused-ring (bicyclic) bond motifs is 3. The Morgan fingerprint density at radius 2 is 1.10 bits per heavy atom. The van der Waals surface area contributed by atoms with Gasteiger partial charge in [0, 0.05) is 0 Å². The minimum absolute atomic E-state index is 0. The van der Waals surface area contributed by atoms with Gasteiger partial charge in [-0.2, -0.15) is 48.0 Å². The van der Waals surface area contributed by atoms with E-state index in [1.807, 2.05) is 36.4 Å². The third-order valence-electron chi connectivity index (χ3n) is 7.25. The Morgan fingerprint density at radius 1 is 0.619 bits per heavy atom. The van der Waals surface area contributed by atoms with E-state index >= 15 is 0 Å². The zero-order valence-electron chi connectivity index (χ0n) is 25.5. The second kappa shape index (κ2) is 15.9. The van der Waals surface area contributed by atoms with Gasteiger partial charge in [0.2, 0.25) is 0 Å². The minimum Gasteiger partial charge on any atom is -1.00 e. The van der Waals surface area contributed by atoms with E-state index in [-0.39, 0.29) is 35.6 Å². The van der Waals surface area contributed by atoms with Gasteiger partial charge in [0.1, 0.15) is 0 Å². The molecule has 0 spiro atoms. The SMILES string of the molecule is CC(C)(C)c1ccc([C](=[Zr+2])c2ccc(C(C)(C)C)cc2)cc1.[Cl-].[Cl-].[c-]1cccc2c1Cc1ccccc1-2.c1cc[cH-]c1. The Morgan fingerprint density at radius 3 is 1.55 bits per heavy atom. The van der Waals surface area contributed by atoms with Crippen molar-refractivity contribution in [1.29, 1.82) is 0 Å². The molecule has 1 aliphatic carbocycles. The predicted octanol–water partition coefficient (Wildman–Crippen LogP) is 3.87. The standard InChI is InChI=1S/C21H26.C13H9.C5H5.2ClH.Zr/c1-20(2,3)18-11-7-16(8-12-18)15-17-9-13-19(14-10-17)21(4,5)6;1-3-7-12-10(5-1)9-11-6-2-4-8-13(11)12;1-2-4-5-3-1;;;/h7-14H,1-6H3;1-5,7-8H,9H2;1-5H;2*1H;/q;2*-1;;;+2/p-2. The fourth-order valence-corrected chi connectivity index (χ4v) is 5.58. The number of rotatable bonds is 2. The smallest absolute Gasteiger partial charge is 0.0253 e. The molecular formula is C39H40Cl2Zr-2. The van der Waals surface area contributed by atoms with Crippen molar-refractivity contribution >= 4 is 3.21 Å². The molecule has 0 amide bonds. The van der Waals surface area contributed by atoms with Gasteiger partial charge >= 0.3 is 151 Å². The summed E-state index contributed by atoms with van der Waals surface area (Å²) in [6, 6.07) is 46.2. The third-order valence-corrected chi connectivity index (χ3v) is 8.67. The molecule has 0 bridgehead atoms. The van der Waals surface area contributed by atoms with Gasteiger partial charge in [-0.05, 0) is 6.42 Å². The van der Waals surface area contributed by atoms with Gasteiger partial charge in [0.25, 0.3) is 0 Å². The van der Waals surface area contributed by atoms with E-state index in [0.29, 0.717) is 0 Å². The summed E-state index contributed by atoms with van der Waals surface area (Å²) in [4.78, 5) is 0. The molecule has 0 radical (unpaired) electrons. The molecule has 0 saturated carbocycles. The van der Waals surface area contributed by atoms with Crippen LogP contribution in [0.15, 0.2) is 121 Å². The summed E-state index contributed by atoms with van der Waals surface area (Å²) in [5.74, 6) is 0. The maximum atomic E-state index is 3.30. The summed E-state index contributed by atoms with van der Waals surface area (Å²) in [6.45, 7) is 13.6. The van der Waals surface area contributed by atoms with Crippen molar-refractivity contribution in [3.8, 4) is 11.1 Å². The van der Waals surface area contributed by atoms with Crippen molar-refractivity contribution < 1.29 is 49.0 Å². The molecule has 0 heterocycles. The van der Waals surface area contributed by atoms with Gasteiger partial charge in [0.15, 0.2) is 0 Å². The molecule has 3 heteroatoms. The Hall–Kier alpha value is -2.44. The van der Waals surface area contributed by atoms with Crippen LogP contribution in [0.3, 0.4) is 0 Å². The van der Waals surface area contributed by atoms with Gasteiger partial charge in [-0.25, -0.2) is 12.1 Å². The van der Waals surface area contributed by atoms with Crippen molar-refractivity contribution in [3.05, 3.63) is 161 Å². The molecule has 5 aromatic carbocycles. The molecule has 0 aliphatic heterocycles. The predicted molar refractivity (Wildman–Crippen MR) is 169 cm³/mol. The van der Waals surface area contributed by atoms with Crippen molar-refractivity contribution in [2.45, 2.75) is 58.8 Å². The Balaban J connectivity index is 0.000000258. The maximum Gasteiger partial charge on any atom is -0.0253 e. The van der Waals surface area contributed by atoms with E-state index in [9.17, 15) is 0 Å². The summed E-state index contributed by atoms with van der Waals surface area (Å²) >= 11 is 1.46. The summed E-state index contributed by atoms with van der Waals surface area (Å²) in [7, 11) is 0. The topological polar surface area (TPSA) is 0 Å². The summed E-state index contributed by atoms with van der Waals surface area (Å²) < 4.78 is 1.42.